The molecule has 0 heterocycles. The smallest absolute Gasteiger partial charge is 0.232 e. The summed E-state index contributed by atoms with van der Waals surface area (Å²) in [6.07, 6.45) is 2.01. The van der Waals surface area contributed by atoms with Gasteiger partial charge in [0.2, 0.25) is 10.0 Å². The third kappa shape index (κ3) is 5.04. The van der Waals surface area contributed by atoms with E-state index in [1.807, 2.05) is 0 Å². The summed E-state index contributed by atoms with van der Waals surface area (Å²) in [4.78, 5) is 0.272. The van der Waals surface area contributed by atoms with Gasteiger partial charge in [0.1, 0.15) is 17.3 Å². The van der Waals surface area contributed by atoms with Crippen LogP contribution in [0.1, 0.15) is 12.8 Å². The Morgan fingerprint density at radius 3 is 2.53 bits per heavy atom. The van der Waals surface area contributed by atoms with Gasteiger partial charge in [0.05, 0.1) is 5.75 Å². The van der Waals surface area contributed by atoms with Crippen LogP contribution in [0.25, 0.3) is 0 Å². The largest absolute Gasteiger partial charge is 0.487 e. The van der Waals surface area contributed by atoms with Gasteiger partial charge in [-0.3, -0.25) is 4.72 Å². The monoisotopic (exact) mass is 300 g/mol. The molecule has 7 heteroatoms. The van der Waals surface area contributed by atoms with Crippen molar-refractivity contribution in [3.05, 3.63) is 24.3 Å². The highest BCUT2D eigenvalue weighted by molar-refractivity contribution is 7.92. The Bertz CT molecular complexity index is 551. The van der Waals surface area contributed by atoms with E-state index in [0.29, 0.717) is 17.4 Å². The van der Waals surface area contributed by atoms with E-state index in [0.717, 1.165) is 12.8 Å². The van der Waals surface area contributed by atoms with Gasteiger partial charge < -0.3 is 10.5 Å². The van der Waals surface area contributed by atoms with E-state index in [1.54, 1.807) is 24.3 Å². The third-order valence-electron chi connectivity index (χ3n) is 2.66. The maximum atomic E-state index is 11.8. The van der Waals surface area contributed by atoms with Crippen LogP contribution in [0.5, 0.6) is 5.75 Å². The summed E-state index contributed by atoms with van der Waals surface area (Å²) in [5.74, 6) is 1.12. The van der Waals surface area contributed by atoms with E-state index in [-0.39, 0.29) is 17.3 Å². The maximum Gasteiger partial charge on any atom is 0.232 e. The van der Waals surface area contributed by atoms with Gasteiger partial charge in [-0.25, -0.2) is 8.42 Å². The standard InChI is InChI=1S/C12H16N2O3S2/c13-12(18)7-17-11-5-3-10(4-6-11)14-19(15,16)8-9-1-2-9/h3-6,9,14H,1-2,7-8H2,(H2,13,18). The number of thiocarbonyl (C=S) groups is 1. The van der Waals surface area contributed by atoms with Crippen LogP contribution in [-0.2, 0) is 10.0 Å². The molecule has 0 atom stereocenters. The van der Waals surface area contributed by atoms with Crippen LogP contribution in [0.4, 0.5) is 5.69 Å². The van der Waals surface area contributed by atoms with Crippen LogP contribution >= 0.6 is 12.2 Å². The lowest BCUT2D eigenvalue weighted by Crippen LogP contribution is -2.18. The first kappa shape index (κ1) is 14.1. The zero-order chi connectivity index (χ0) is 13.9. The number of benzene rings is 1. The van der Waals surface area contributed by atoms with Crippen molar-refractivity contribution in [3.63, 3.8) is 0 Å². The van der Waals surface area contributed by atoms with E-state index < -0.39 is 10.0 Å². The van der Waals surface area contributed by atoms with Crippen molar-refractivity contribution in [2.45, 2.75) is 12.8 Å². The third-order valence-corrected chi connectivity index (χ3v) is 4.24. The van der Waals surface area contributed by atoms with Crippen LogP contribution in [0.2, 0.25) is 0 Å². The molecule has 1 fully saturated rings. The first-order valence-electron chi connectivity index (χ1n) is 5.96. The summed E-state index contributed by atoms with van der Waals surface area (Å²) >= 11 is 4.70. The molecule has 0 amide bonds. The molecule has 3 N–H and O–H groups in total. The molecule has 5 nitrogen and oxygen atoms in total. The molecule has 1 aliphatic carbocycles. The summed E-state index contributed by atoms with van der Waals surface area (Å²) in [6, 6.07) is 6.65. The molecule has 0 aromatic heterocycles. The number of nitrogens with one attached hydrogen (secondary N) is 1. The van der Waals surface area contributed by atoms with E-state index in [9.17, 15) is 8.42 Å². The Labute approximate surface area is 118 Å². The Hall–Kier alpha value is -1.34. The summed E-state index contributed by atoms with van der Waals surface area (Å²) < 4.78 is 31.4. The molecule has 2 rings (SSSR count). The fourth-order valence-corrected chi connectivity index (χ4v) is 3.18. The fourth-order valence-electron chi connectivity index (χ4n) is 1.59. The van der Waals surface area contributed by atoms with E-state index in [2.05, 4.69) is 4.72 Å². The molecule has 0 radical (unpaired) electrons. The molecule has 1 saturated carbocycles. The maximum absolute atomic E-state index is 11.8. The number of ether oxygens (including phenoxy) is 1. The average molecular weight is 300 g/mol. The SMILES string of the molecule is NC(=S)COc1ccc(NS(=O)(=O)CC2CC2)cc1. The van der Waals surface area contributed by atoms with Crippen LogP contribution in [-0.4, -0.2) is 25.8 Å². The lowest BCUT2D eigenvalue weighted by molar-refractivity contribution is 0.377. The van der Waals surface area contributed by atoms with Crippen LogP contribution < -0.4 is 15.2 Å². The van der Waals surface area contributed by atoms with E-state index in [1.165, 1.54) is 0 Å². The van der Waals surface area contributed by atoms with Gasteiger partial charge in [-0.15, -0.1) is 0 Å². The highest BCUT2D eigenvalue weighted by atomic mass is 32.2. The highest BCUT2D eigenvalue weighted by Crippen LogP contribution is 2.30. The Balaban J connectivity index is 1.92. The van der Waals surface area contributed by atoms with Crippen molar-refractivity contribution in [1.82, 2.24) is 0 Å². The topological polar surface area (TPSA) is 81.4 Å². The Kier molecular flexibility index (Phi) is 4.26. The van der Waals surface area contributed by atoms with Crippen molar-refractivity contribution < 1.29 is 13.2 Å². The van der Waals surface area contributed by atoms with Crippen LogP contribution in [0.15, 0.2) is 24.3 Å². The zero-order valence-corrected chi connectivity index (χ0v) is 12.0. The van der Waals surface area contributed by atoms with Crippen LogP contribution in [0, 0.1) is 5.92 Å². The van der Waals surface area contributed by atoms with Crippen molar-refractivity contribution in [2.24, 2.45) is 11.7 Å². The van der Waals surface area contributed by atoms with E-state index in [4.69, 9.17) is 22.7 Å². The van der Waals surface area contributed by atoms with Gasteiger partial charge >= 0.3 is 0 Å². The van der Waals surface area contributed by atoms with Gasteiger partial charge in [-0.1, -0.05) is 12.2 Å². The summed E-state index contributed by atoms with van der Waals surface area (Å²) in [5, 5.41) is 0. The van der Waals surface area contributed by atoms with Gasteiger partial charge in [-0.2, -0.15) is 0 Å². The molecular weight excluding hydrogens is 284 g/mol. The molecular formula is C12H16N2O3S2. The number of hydrogen-bond donors (Lipinski definition) is 2. The highest BCUT2D eigenvalue weighted by Gasteiger charge is 2.27. The second kappa shape index (κ2) is 5.75. The predicted octanol–water partition coefficient (Wildman–Crippen LogP) is 1.50. The van der Waals surface area contributed by atoms with Crippen molar-refractivity contribution >= 4 is 32.9 Å². The second-order valence-corrected chi connectivity index (χ2v) is 6.90. The van der Waals surface area contributed by atoms with Crippen molar-refractivity contribution in [1.29, 1.82) is 0 Å². The first-order chi connectivity index (χ1) is 8.94. The molecule has 0 saturated heterocycles. The molecule has 104 valence electrons. The van der Waals surface area contributed by atoms with Gasteiger partial charge in [0, 0.05) is 5.69 Å². The second-order valence-electron chi connectivity index (χ2n) is 4.61. The zero-order valence-electron chi connectivity index (χ0n) is 10.3. The summed E-state index contributed by atoms with van der Waals surface area (Å²) in [7, 11) is -3.24. The van der Waals surface area contributed by atoms with Gasteiger partial charge in [-0.05, 0) is 43.0 Å². The quantitative estimate of drug-likeness (QED) is 0.746. The lowest BCUT2D eigenvalue weighted by atomic mass is 10.3. The number of sulfonamides is 1. The minimum atomic E-state index is -3.24. The fraction of sp³-hybridized carbons (Fsp3) is 0.417. The Morgan fingerprint density at radius 2 is 2.00 bits per heavy atom. The molecule has 1 aliphatic rings. The lowest BCUT2D eigenvalue weighted by Gasteiger charge is -2.09. The number of rotatable bonds is 7. The molecule has 0 bridgehead atoms. The number of anilines is 1. The Morgan fingerprint density at radius 1 is 1.37 bits per heavy atom. The van der Waals surface area contributed by atoms with Gasteiger partial charge in [0.25, 0.3) is 0 Å². The first-order valence-corrected chi connectivity index (χ1v) is 8.02. The predicted molar refractivity (Wildman–Crippen MR) is 78.9 cm³/mol. The number of nitrogens with two attached hydrogens (primary N) is 1. The molecule has 0 aliphatic heterocycles. The molecule has 1 aromatic rings. The van der Waals surface area contributed by atoms with Crippen molar-refractivity contribution in [2.75, 3.05) is 17.1 Å². The average Bonchev–Trinajstić information content (AvgIpc) is 3.10. The summed E-state index contributed by atoms with van der Waals surface area (Å²) in [6.45, 7) is 0.169. The van der Waals surface area contributed by atoms with Gasteiger partial charge in [0.15, 0.2) is 0 Å². The minimum absolute atomic E-state index is 0.169. The normalized spacial score (nSPS) is 14.9. The molecule has 0 unspecified atom stereocenters. The minimum Gasteiger partial charge on any atom is -0.487 e. The van der Waals surface area contributed by atoms with Crippen molar-refractivity contribution in [3.8, 4) is 5.75 Å². The molecule has 0 spiro atoms. The van der Waals surface area contributed by atoms with E-state index >= 15 is 0 Å². The number of hydrogen-bond acceptors (Lipinski definition) is 4. The van der Waals surface area contributed by atoms with Crippen LogP contribution in [0.3, 0.4) is 0 Å². The molecule has 19 heavy (non-hydrogen) atoms. The molecule has 1 aromatic carbocycles. The summed E-state index contributed by atoms with van der Waals surface area (Å²) in [5.41, 5.74) is 5.85.